The summed E-state index contributed by atoms with van der Waals surface area (Å²) in [7, 11) is 0. The molecule has 12 heavy (non-hydrogen) atoms. The predicted molar refractivity (Wildman–Crippen MR) is 49.5 cm³/mol. The SMILES string of the molecule is C=CCCCn1ccc(CN)n1. The van der Waals surface area contributed by atoms with Crippen molar-refractivity contribution < 1.29 is 0 Å². The van der Waals surface area contributed by atoms with Crippen LogP contribution in [-0.4, -0.2) is 9.78 Å². The number of hydrogen-bond donors (Lipinski definition) is 1. The lowest BCUT2D eigenvalue weighted by Crippen LogP contribution is -2.02. The molecular formula is C9H15N3. The Labute approximate surface area is 72.9 Å². The van der Waals surface area contributed by atoms with Gasteiger partial charge in [-0.2, -0.15) is 5.10 Å². The molecule has 0 atom stereocenters. The summed E-state index contributed by atoms with van der Waals surface area (Å²) in [6, 6.07) is 1.95. The van der Waals surface area contributed by atoms with Crippen molar-refractivity contribution in [2.24, 2.45) is 5.73 Å². The van der Waals surface area contributed by atoms with Gasteiger partial charge in [0, 0.05) is 19.3 Å². The van der Waals surface area contributed by atoms with Gasteiger partial charge in [-0.25, -0.2) is 0 Å². The van der Waals surface area contributed by atoms with E-state index in [0.29, 0.717) is 6.54 Å². The fourth-order valence-corrected chi connectivity index (χ4v) is 1.03. The number of allylic oxidation sites excluding steroid dienone is 1. The smallest absolute Gasteiger partial charge is 0.0760 e. The Morgan fingerprint density at radius 1 is 1.67 bits per heavy atom. The van der Waals surface area contributed by atoms with Gasteiger partial charge >= 0.3 is 0 Å². The van der Waals surface area contributed by atoms with E-state index in [-0.39, 0.29) is 0 Å². The van der Waals surface area contributed by atoms with Gasteiger partial charge in [0.1, 0.15) is 0 Å². The first-order chi connectivity index (χ1) is 5.86. The van der Waals surface area contributed by atoms with Crippen LogP contribution in [0.2, 0.25) is 0 Å². The molecule has 1 heterocycles. The molecule has 1 aromatic rings. The zero-order valence-electron chi connectivity index (χ0n) is 7.24. The molecule has 0 fully saturated rings. The number of unbranched alkanes of at least 4 members (excludes halogenated alkanes) is 1. The van der Waals surface area contributed by atoms with E-state index in [2.05, 4.69) is 11.7 Å². The van der Waals surface area contributed by atoms with E-state index < -0.39 is 0 Å². The molecule has 2 N–H and O–H groups in total. The van der Waals surface area contributed by atoms with Gasteiger partial charge in [-0.1, -0.05) is 6.08 Å². The Morgan fingerprint density at radius 3 is 3.08 bits per heavy atom. The number of nitrogens with zero attached hydrogens (tertiary/aromatic N) is 2. The van der Waals surface area contributed by atoms with Crippen LogP contribution >= 0.6 is 0 Å². The maximum absolute atomic E-state index is 5.43. The first-order valence-electron chi connectivity index (χ1n) is 4.20. The topological polar surface area (TPSA) is 43.8 Å². The molecule has 0 aliphatic rings. The first-order valence-corrected chi connectivity index (χ1v) is 4.20. The van der Waals surface area contributed by atoms with Crippen LogP contribution in [0.25, 0.3) is 0 Å². The molecular weight excluding hydrogens is 150 g/mol. The lowest BCUT2D eigenvalue weighted by Gasteiger charge is -1.97. The maximum atomic E-state index is 5.43. The quantitative estimate of drug-likeness (QED) is 0.528. The van der Waals surface area contributed by atoms with Crippen molar-refractivity contribution in [3.63, 3.8) is 0 Å². The summed E-state index contributed by atoms with van der Waals surface area (Å²) in [4.78, 5) is 0. The van der Waals surface area contributed by atoms with Gasteiger partial charge in [-0.15, -0.1) is 6.58 Å². The van der Waals surface area contributed by atoms with Gasteiger partial charge in [0.2, 0.25) is 0 Å². The normalized spacial score (nSPS) is 10.1. The third-order valence-corrected chi connectivity index (χ3v) is 1.70. The molecule has 0 spiro atoms. The van der Waals surface area contributed by atoms with Crippen molar-refractivity contribution in [1.29, 1.82) is 0 Å². The van der Waals surface area contributed by atoms with Crippen molar-refractivity contribution in [2.75, 3.05) is 0 Å². The van der Waals surface area contributed by atoms with Crippen LogP contribution in [-0.2, 0) is 13.1 Å². The monoisotopic (exact) mass is 165 g/mol. The van der Waals surface area contributed by atoms with Crippen LogP contribution in [0.3, 0.4) is 0 Å². The average Bonchev–Trinajstić information content (AvgIpc) is 2.53. The molecule has 1 rings (SSSR count). The van der Waals surface area contributed by atoms with Gasteiger partial charge in [-0.05, 0) is 18.9 Å². The molecule has 1 aromatic heterocycles. The largest absolute Gasteiger partial charge is 0.325 e. The van der Waals surface area contributed by atoms with E-state index in [0.717, 1.165) is 25.1 Å². The number of aromatic nitrogens is 2. The lowest BCUT2D eigenvalue weighted by atomic mass is 10.3. The molecule has 0 radical (unpaired) electrons. The van der Waals surface area contributed by atoms with Crippen molar-refractivity contribution >= 4 is 0 Å². The maximum Gasteiger partial charge on any atom is 0.0760 e. The van der Waals surface area contributed by atoms with Gasteiger partial charge in [0.25, 0.3) is 0 Å². The van der Waals surface area contributed by atoms with Crippen LogP contribution in [0.5, 0.6) is 0 Å². The van der Waals surface area contributed by atoms with Crippen LogP contribution in [0.4, 0.5) is 0 Å². The van der Waals surface area contributed by atoms with E-state index in [1.807, 2.05) is 23.0 Å². The van der Waals surface area contributed by atoms with E-state index >= 15 is 0 Å². The van der Waals surface area contributed by atoms with Crippen molar-refractivity contribution in [2.45, 2.75) is 25.9 Å². The molecule has 0 aliphatic heterocycles. The number of rotatable bonds is 5. The summed E-state index contributed by atoms with van der Waals surface area (Å²) >= 11 is 0. The van der Waals surface area contributed by atoms with E-state index in [1.165, 1.54) is 0 Å². The highest BCUT2D eigenvalue weighted by atomic mass is 15.3. The molecule has 0 unspecified atom stereocenters. The van der Waals surface area contributed by atoms with Crippen molar-refractivity contribution in [3.8, 4) is 0 Å². The van der Waals surface area contributed by atoms with E-state index in [1.54, 1.807) is 0 Å². The van der Waals surface area contributed by atoms with Crippen LogP contribution in [0.15, 0.2) is 24.9 Å². The van der Waals surface area contributed by atoms with Gasteiger partial charge in [-0.3, -0.25) is 4.68 Å². The number of nitrogens with two attached hydrogens (primary N) is 1. The Balaban J connectivity index is 2.36. The zero-order chi connectivity index (χ0) is 8.81. The Hall–Kier alpha value is -1.09. The Bertz CT molecular complexity index is 240. The second-order valence-corrected chi connectivity index (χ2v) is 2.71. The lowest BCUT2D eigenvalue weighted by molar-refractivity contribution is 0.577. The summed E-state index contributed by atoms with van der Waals surface area (Å²) in [6.45, 7) is 5.14. The molecule has 0 saturated carbocycles. The molecule has 3 nitrogen and oxygen atoms in total. The van der Waals surface area contributed by atoms with Gasteiger partial charge < -0.3 is 5.73 Å². The summed E-state index contributed by atoms with van der Waals surface area (Å²) in [5, 5.41) is 4.26. The van der Waals surface area contributed by atoms with Gasteiger partial charge in [0.05, 0.1) is 5.69 Å². The molecule has 3 heteroatoms. The van der Waals surface area contributed by atoms with Crippen molar-refractivity contribution in [1.82, 2.24) is 9.78 Å². The fraction of sp³-hybridized carbons (Fsp3) is 0.444. The standard InChI is InChI=1S/C9H15N3/c1-2-3-4-6-12-7-5-9(8-10)11-12/h2,5,7H,1,3-4,6,8,10H2. The molecule has 0 bridgehead atoms. The summed E-state index contributed by atoms with van der Waals surface area (Å²) in [6.07, 6.45) is 6.02. The highest BCUT2D eigenvalue weighted by molar-refractivity contribution is 4.97. The summed E-state index contributed by atoms with van der Waals surface area (Å²) < 4.78 is 1.92. The summed E-state index contributed by atoms with van der Waals surface area (Å²) in [5.41, 5.74) is 6.38. The predicted octanol–water partition coefficient (Wildman–Crippen LogP) is 1.31. The molecule has 0 saturated heterocycles. The third kappa shape index (κ3) is 2.51. The Morgan fingerprint density at radius 2 is 2.50 bits per heavy atom. The minimum Gasteiger partial charge on any atom is -0.325 e. The first kappa shape index (κ1) is 9.00. The number of hydrogen-bond acceptors (Lipinski definition) is 2. The van der Waals surface area contributed by atoms with Crippen LogP contribution < -0.4 is 5.73 Å². The van der Waals surface area contributed by atoms with E-state index in [4.69, 9.17) is 5.73 Å². The van der Waals surface area contributed by atoms with Gasteiger partial charge in [0.15, 0.2) is 0 Å². The second-order valence-electron chi connectivity index (χ2n) is 2.71. The Kier molecular flexibility index (Phi) is 3.54. The fourth-order valence-electron chi connectivity index (χ4n) is 1.03. The van der Waals surface area contributed by atoms with E-state index in [9.17, 15) is 0 Å². The average molecular weight is 165 g/mol. The van der Waals surface area contributed by atoms with Crippen molar-refractivity contribution in [3.05, 3.63) is 30.6 Å². The molecule has 66 valence electrons. The molecule has 0 aliphatic carbocycles. The highest BCUT2D eigenvalue weighted by Crippen LogP contribution is 1.97. The third-order valence-electron chi connectivity index (χ3n) is 1.70. The minimum absolute atomic E-state index is 0.522. The zero-order valence-corrected chi connectivity index (χ0v) is 7.24. The molecule has 0 aromatic carbocycles. The van der Waals surface area contributed by atoms with Crippen LogP contribution in [0, 0.1) is 0 Å². The summed E-state index contributed by atoms with van der Waals surface area (Å²) in [5.74, 6) is 0. The minimum atomic E-state index is 0.522. The number of aryl methyl sites for hydroxylation is 1. The second kappa shape index (κ2) is 4.72. The van der Waals surface area contributed by atoms with Crippen LogP contribution in [0.1, 0.15) is 18.5 Å². The highest BCUT2D eigenvalue weighted by Gasteiger charge is 1.94. The molecule has 0 amide bonds.